The van der Waals surface area contributed by atoms with Gasteiger partial charge in [-0.15, -0.1) is 11.8 Å². The summed E-state index contributed by atoms with van der Waals surface area (Å²) >= 11 is 2.02. The first-order valence-corrected chi connectivity index (χ1v) is 8.40. The van der Waals surface area contributed by atoms with E-state index in [4.69, 9.17) is 0 Å². The van der Waals surface area contributed by atoms with Crippen LogP contribution in [0.3, 0.4) is 0 Å². The molecular weight excluding hydrogens is 250 g/mol. The van der Waals surface area contributed by atoms with Crippen LogP contribution >= 0.6 is 11.8 Å². The lowest BCUT2D eigenvalue weighted by molar-refractivity contribution is 0.446. The average molecular weight is 277 g/mol. The second-order valence-corrected chi connectivity index (χ2v) is 8.00. The van der Waals surface area contributed by atoms with E-state index in [9.17, 15) is 0 Å². The Bertz CT molecular complexity index is 431. The van der Waals surface area contributed by atoms with Crippen molar-refractivity contribution in [3.05, 3.63) is 29.3 Å². The SMILES string of the molecule is CC(C)NC1CCCSc2ccc(C(C)(C)C)cc21. The van der Waals surface area contributed by atoms with E-state index in [1.165, 1.54) is 34.6 Å². The van der Waals surface area contributed by atoms with Gasteiger partial charge >= 0.3 is 0 Å². The summed E-state index contributed by atoms with van der Waals surface area (Å²) in [5.74, 6) is 1.25. The normalized spacial score (nSPS) is 20.2. The fourth-order valence-electron chi connectivity index (χ4n) is 2.62. The van der Waals surface area contributed by atoms with Gasteiger partial charge in [0.2, 0.25) is 0 Å². The number of hydrogen-bond acceptors (Lipinski definition) is 2. The van der Waals surface area contributed by atoms with Crippen LogP contribution in [-0.4, -0.2) is 11.8 Å². The van der Waals surface area contributed by atoms with E-state index in [0.717, 1.165) is 0 Å². The van der Waals surface area contributed by atoms with Crippen LogP contribution in [0.4, 0.5) is 0 Å². The lowest BCUT2D eigenvalue weighted by atomic mass is 9.85. The molecule has 1 aliphatic heterocycles. The molecule has 0 fully saturated rings. The number of hydrogen-bond donors (Lipinski definition) is 1. The second-order valence-electron chi connectivity index (χ2n) is 6.87. The van der Waals surface area contributed by atoms with Crippen LogP contribution in [0, 0.1) is 0 Å². The lowest BCUT2D eigenvalue weighted by Crippen LogP contribution is -2.28. The second kappa shape index (κ2) is 5.88. The van der Waals surface area contributed by atoms with Crippen LogP contribution in [0.15, 0.2) is 23.1 Å². The van der Waals surface area contributed by atoms with Gasteiger partial charge < -0.3 is 5.32 Å². The van der Waals surface area contributed by atoms with Crippen molar-refractivity contribution in [2.75, 3.05) is 5.75 Å². The Kier molecular flexibility index (Phi) is 4.62. The molecule has 1 atom stereocenters. The highest BCUT2D eigenvalue weighted by Gasteiger charge is 2.22. The summed E-state index contributed by atoms with van der Waals surface area (Å²) in [5, 5.41) is 3.74. The van der Waals surface area contributed by atoms with Crippen molar-refractivity contribution in [3.63, 3.8) is 0 Å². The molecule has 2 heteroatoms. The maximum Gasteiger partial charge on any atom is 0.0333 e. The van der Waals surface area contributed by atoms with E-state index in [0.29, 0.717) is 12.1 Å². The van der Waals surface area contributed by atoms with Crippen molar-refractivity contribution in [1.82, 2.24) is 5.32 Å². The highest BCUT2D eigenvalue weighted by molar-refractivity contribution is 7.99. The Morgan fingerprint density at radius 1 is 1.26 bits per heavy atom. The van der Waals surface area contributed by atoms with Gasteiger partial charge in [0.1, 0.15) is 0 Å². The topological polar surface area (TPSA) is 12.0 Å². The molecule has 0 bridgehead atoms. The zero-order chi connectivity index (χ0) is 14.0. The van der Waals surface area contributed by atoms with Crippen LogP contribution in [-0.2, 0) is 5.41 Å². The molecule has 0 saturated heterocycles. The molecule has 1 aromatic carbocycles. The van der Waals surface area contributed by atoms with Gasteiger partial charge in [0.05, 0.1) is 0 Å². The minimum absolute atomic E-state index is 0.231. The van der Waals surface area contributed by atoms with Crippen molar-refractivity contribution in [3.8, 4) is 0 Å². The molecule has 1 aromatic rings. The first-order chi connectivity index (χ1) is 8.88. The monoisotopic (exact) mass is 277 g/mol. The minimum atomic E-state index is 0.231. The van der Waals surface area contributed by atoms with Crippen molar-refractivity contribution < 1.29 is 0 Å². The predicted molar refractivity (Wildman–Crippen MR) is 86.1 cm³/mol. The summed E-state index contributed by atoms with van der Waals surface area (Å²) in [6.07, 6.45) is 2.56. The minimum Gasteiger partial charge on any atom is -0.308 e. The molecule has 106 valence electrons. The van der Waals surface area contributed by atoms with E-state index in [-0.39, 0.29) is 5.41 Å². The summed E-state index contributed by atoms with van der Waals surface area (Å²) in [6, 6.07) is 8.14. The number of benzene rings is 1. The van der Waals surface area contributed by atoms with Gasteiger partial charge in [0.25, 0.3) is 0 Å². The molecule has 0 amide bonds. The average Bonchev–Trinajstić information content (AvgIpc) is 2.49. The van der Waals surface area contributed by atoms with Gasteiger partial charge in [-0.25, -0.2) is 0 Å². The van der Waals surface area contributed by atoms with Gasteiger partial charge in [0, 0.05) is 17.0 Å². The van der Waals surface area contributed by atoms with Crippen molar-refractivity contribution >= 4 is 11.8 Å². The number of thioether (sulfide) groups is 1. The summed E-state index contributed by atoms with van der Waals surface area (Å²) < 4.78 is 0. The van der Waals surface area contributed by atoms with Crippen LogP contribution in [0.25, 0.3) is 0 Å². The lowest BCUT2D eigenvalue weighted by Gasteiger charge is -2.25. The van der Waals surface area contributed by atoms with Crippen molar-refractivity contribution in [2.45, 2.75) is 69.9 Å². The van der Waals surface area contributed by atoms with E-state index in [1.54, 1.807) is 0 Å². The fourth-order valence-corrected chi connectivity index (χ4v) is 3.68. The maximum absolute atomic E-state index is 3.74. The standard InChI is InChI=1S/C17H27NS/c1-12(2)18-15-7-6-10-19-16-9-8-13(11-14(15)16)17(3,4)5/h8-9,11-12,15,18H,6-7,10H2,1-5H3. The van der Waals surface area contributed by atoms with Crippen LogP contribution in [0.1, 0.15) is 64.6 Å². The van der Waals surface area contributed by atoms with E-state index < -0.39 is 0 Å². The number of rotatable bonds is 2. The largest absolute Gasteiger partial charge is 0.308 e. The van der Waals surface area contributed by atoms with E-state index in [1.807, 2.05) is 11.8 Å². The van der Waals surface area contributed by atoms with E-state index >= 15 is 0 Å². The summed E-state index contributed by atoms with van der Waals surface area (Å²) in [5.41, 5.74) is 3.20. The molecule has 1 aliphatic rings. The smallest absolute Gasteiger partial charge is 0.0333 e. The third-order valence-electron chi connectivity index (χ3n) is 3.68. The Morgan fingerprint density at radius 2 is 2.00 bits per heavy atom. The Balaban J connectivity index is 2.38. The zero-order valence-corrected chi connectivity index (χ0v) is 13.7. The maximum atomic E-state index is 3.74. The van der Waals surface area contributed by atoms with Gasteiger partial charge in [-0.2, -0.15) is 0 Å². The number of nitrogens with one attached hydrogen (secondary N) is 1. The van der Waals surface area contributed by atoms with Crippen LogP contribution in [0.5, 0.6) is 0 Å². The molecular formula is C17H27NS. The first kappa shape index (κ1) is 14.9. The summed E-state index contributed by atoms with van der Waals surface area (Å²) in [6.45, 7) is 11.4. The van der Waals surface area contributed by atoms with Gasteiger partial charge in [-0.1, -0.05) is 46.8 Å². The Morgan fingerprint density at radius 3 is 2.63 bits per heavy atom. The molecule has 1 unspecified atom stereocenters. The summed E-state index contributed by atoms with van der Waals surface area (Å²) in [7, 11) is 0. The Hall–Kier alpha value is -0.470. The molecule has 0 saturated carbocycles. The molecule has 0 spiro atoms. The fraction of sp³-hybridized carbons (Fsp3) is 0.647. The number of fused-ring (bicyclic) bond motifs is 1. The quantitative estimate of drug-likeness (QED) is 0.824. The van der Waals surface area contributed by atoms with Crippen LogP contribution < -0.4 is 5.32 Å². The molecule has 2 rings (SSSR count). The van der Waals surface area contributed by atoms with Crippen molar-refractivity contribution in [2.24, 2.45) is 0 Å². The first-order valence-electron chi connectivity index (χ1n) is 7.41. The van der Waals surface area contributed by atoms with E-state index in [2.05, 4.69) is 58.1 Å². The predicted octanol–water partition coefficient (Wildman–Crippen LogP) is 4.91. The Labute approximate surface area is 122 Å². The molecule has 1 heterocycles. The van der Waals surface area contributed by atoms with Gasteiger partial charge in [-0.05, 0) is 41.2 Å². The third kappa shape index (κ3) is 3.76. The molecule has 0 radical (unpaired) electrons. The summed E-state index contributed by atoms with van der Waals surface area (Å²) in [4.78, 5) is 1.48. The molecule has 1 N–H and O–H groups in total. The molecule has 1 nitrogen and oxygen atoms in total. The van der Waals surface area contributed by atoms with Gasteiger partial charge in [-0.3, -0.25) is 0 Å². The van der Waals surface area contributed by atoms with Crippen molar-refractivity contribution in [1.29, 1.82) is 0 Å². The molecule has 0 aliphatic carbocycles. The highest BCUT2D eigenvalue weighted by Crippen LogP contribution is 2.37. The molecule has 0 aromatic heterocycles. The molecule has 19 heavy (non-hydrogen) atoms. The van der Waals surface area contributed by atoms with Crippen LogP contribution in [0.2, 0.25) is 0 Å². The van der Waals surface area contributed by atoms with Gasteiger partial charge in [0.15, 0.2) is 0 Å². The highest BCUT2D eigenvalue weighted by atomic mass is 32.2. The zero-order valence-electron chi connectivity index (χ0n) is 12.9. The third-order valence-corrected chi connectivity index (χ3v) is 4.86.